The molecule has 1 saturated heterocycles. The van der Waals surface area contributed by atoms with Gasteiger partial charge in [-0.05, 0) is 30.7 Å². The van der Waals surface area contributed by atoms with Gasteiger partial charge in [0.1, 0.15) is 0 Å². The van der Waals surface area contributed by atoms with Crippen molar-refractivity contribution in [2.75, 3.05) is 58.3 Å². The van der Waals surface area contributed by atoms with Crippen LogP contribution in [0.2, 0.25) is 0 Å². The first-order valence-electron chi connectivity index (χ1n) is 8.00. The van der Waals surface area contributed by atoms with Crippen LogP contribution in [-0.4, -0.2) is 68.3 Å². The summed E-state index contributed by atoms with van der Waals surface area (Å²) < 4.78 is 0. The van der Waals surface area contributed by atoms with Gasteiger partial charge in [0.05, 0.1) is 12.6 Å². The fourth-order valence-corrected chi connectivity index (χ4v) is 3.04. The molecule has 1 aromatic rings. The topological polar surface area (TPSA) is 30.0 Å². The van der Waals surface area contributed by atoms with Gasteiger partial charge in [-0.15, -0.1) is 0 Å². The molecule has 1 atom stereocenters. The molecule has 1 aliphatic rings. The summed E-state index contributed by atoms with van der Waals surface area (Å²) in [6.07, 6.45) is 1.22. The molecule has 1 unspecified atom stereocenters. The molecule has 1 N–H and O–H groups in total. The SMILES string of the molecule is CCCN1CCN(C(CO)c2ccc(N(C)C)cc2)CC1. The molecular weight excluding hydrogens is 262 g/mol. The first-order valence-corrected chi connectivity index (χ1v) is 8.00. The van der Waals surface area contributed by atoms with Crippen molar-refractivity contribution >= 4 is 5.69 Å². The molecule has 1 aliphatic heterocycles. The Kier molecular flexibility index (Phi) is 6.03. The third-order valence-electron chi connectivity index (χ3n) is 4.35. The lowest BCUT2D eigenvalue weighted by Gasteiger charge is -2.38. The van der Waals surface area contributed by atoms with Crippen LogP contribution >= 0.6 is 0 Å². The fourth-order valence-electron chi connectivity index (χ4n) is 3.04. The van der Waals surface area contributed by atoms with E-state index in [-0.39, 0.29) is 12.6 Å². The maximum absolute atomic E-state index is 9.81. The van der Waals surface area contributed by atoms with Crippen LogP contribution in [0.25, 0.3) is 0 Å². The number of aliphatic hydroxyl groups is 1. The largest absolute Gasteiger partial charge is 0.394 e. The highest BCUT2D eigenvalue weighted by molar-refractivity contribution is 5.46. The summed E-state index contributed by atoms with van der Waals surface area (Å²) >= 11 is 0. The number of anilines is 1. The highest BCUT2D eigenvalue weighted by atomic mass is 16.3. The minimum Gasteiger partial charge on any atom is -0.394 e. The standard InChI is InChI=1S/C17H29N3O/c1-4-9-19-10-12-20(13-11-19)17(14-21)15-5-7-16(8-6-15)18(2)3/h5-8,17,21H,4,9-14H2,1-3H3. The maximum atomic E-state index is 9.81. The Morgan fingerprint density at radius 3 is 2.19 bits per heavy atom. The van der Waals surface area contributed by atoms with Crippen LogP contribution in [0.4, 0.5) is 5.69 Å². The molecule has 0 aliphatic carbocycles. The molecule has 21 heavy (non-hydrogen) atoms. The van der Waals surface area contributed by atoms with E-state index in [4.69, 9.17) is 0 Å². The molecule has 0 amide bonds. The lowest BCUT2D eigenvalue weighted by atomic mass is 10.0. The summed E-state index contributed by atoms with van der Waals surface area (Å²) in [6, 6.07) is 8.69. The molecule has 0 radical (unpaired) electrons. The van der Waals surface area contributed by atoms with Crippen molar-refractivity contribution in [2.24, 2.45) is 0 Å². The second kappa shape index (κ2) is 7.78. The summed E-state index contributed by atoms with van der Waals surface area (Å²) in [6.45, 7) is 7.92. The molecule has 0 spiro atoms. The summed E-state index contributed by atoms with van der Waals surface area (Å²) in [5.74, 6) is 0. The first kappa shape index (κ1) is 16.3. The quantitative estimate of drug-likeness (QED) is 0.866. The molecule has 2 rings (SSSR count). The molecule has 1 aromatic carbocycles. The van der Waals surface area contributed by atoms with Gasteiger partial charge in [0.15, 0.2) is 0 Å². The van der Waals surface area contributed by atoms with E-state index >= 15 is 0 Å². The van der Waals surface area contributed by atoms with Gasteiger partial charge in [-0.1, -0.05) is 19.1 Å². The van der Waals surface area contributed by atoms with E-state index in [1.54, 1.807) is 0 Å². The molecule has 1 fully saturated rings. The second-order valence-electron chi connectivity index (χ2n) is 6.06. The van der Waals surface area contributed by atoms with E-state index in [0.717, 1.165) is 26.2 Å². The monoisotopic (exact) mass is 291 g/mol. The van der Waals surface area contributed by atoms with Gasteiger partial charge in [0, 0.05) is 46.0 Å². The van der Waals surface area contributed by atoms with Crippen molar-refractivity contribution < 1.29 is 5.11 Å². The number of piperazine rings is 1. The van der Waals surface area contributed by atoms with Crippen LogP contribution in [0.5, 0.6) is 0 Å². The zero-order valence-corrected chi connectivity index (χ0v) is 13.6. The smallest absolute Gasteiger partial charge is 0.0628 e. The summed E-state index contributed by atoms with van der Waals surface area (Å²) in [5.41, 5.74) is 2.41. The number of benzene rings is 1. The van der Waals surface area contributed by atoms with Crippen LogP contribution in [0.3, 0.4) is 0 Å². The van der Waals surface area contributed by atoms with Crippen molar-refractivity contribution in [1.82, 2.24) is 9.80 Å². The number of hydrogen-bond acceptors (Lipinski definition) is 4. The lowest BCUT2D eigenvalue weighted by molar-refractivity contribution is 0.0651. The third-order valence-corrected chi connectivity index (χ3v) is 4.35. The fraction of sp³-hybridized carbons (Fsp3) is 0.647. The summed E-state index contributed by atoms with van der Waals surface area (Å²) in [4.78, 5) is 7.03. The zero-order valence-electron chi connectivity index (χ0n) is 13.6. The molecule has 118 valence electrons. The maximum Gasteiger partial charge on any atom is 0.0628 e. The predicted molar refractivity (Wildman–Crippen MR) is 88.9 cm³/mol. The van der Waals surface area contributed by atoms with Crippen molar-refractivity contribution in [3.05, 3.63) is 29.8 Å². The minimum absolute atomic E-state index is 0.130. The highest BCUT2D eigenvalue weighted by Gasteiger charge is 2.24. The van der Waals surface area contributed by atoms with E-state index in [1.165, 1.54) is 24.2 Å². The van der Waals surface area contributed by atoms with Crippen LogP contribution in [0.15, 0.2) is 24.3 Å². The summed E-state index contributed by atoms with van der Waals surface area (Å²) in [5, 5.41) is 9.81. The van der Waals surface area contributed by atoms with Gasteiger partial charge in [0.25, 0.3) is 0 Å². The molecule has 0 aromatic heterocycles. The Balaban J connectivity index is 1.99. The van der Waals surface area contributed by atoms with Gasteiger partial charge in [-0.3, -0.25) is 4.90 Å². The van der Waals surface area contributed by atoms with Gasteiger partial charge in [0.2, 0.25) is 0 Å². The minimum atomic E-state index is 0.130. The zero-order chi connectivity index (χ0) is 15.2. The Labute approximate surface area is 129 Å². The van der Waals surface area contributed by atoms with Crippen molar-refractivity contribution in [1.29, 1.82) is 0 Å². The van der Waals surface area contributed by atoms with Crippen molar-refractivity contribution in [3.63, 3.8) is 0 Å². The second-order valence-corrected chi connectivity index (χ2v) is 6.06. The molecular formula is C17H29N3O. The number of rotatable bonds is 6. The number of nitrogens with zero attached hydrogens (tertiary/aromatic N) is 3. The highest BCUT2D eigenvalue weighted by Crippen LogP contribution is 2.24. The predicted octanol–water partition coefficient (Wildman–Crippen LogP) is 1.81. The first-order chi connectivity index (χ1) is 10.2. The molecule has 1 heterocycles. The number of hydrogen-bond donors (Lipinski definition) is 1. The average molecular weight is 291 g/mol. The molecule has 4 heteroatoms. The third kappa shape index (κ3) is 4.19. The van der Waals surface area contributed by atoms with Crippen LogP contribution in [0, 0.1) is 0 Å². The van der Waals surface area contributed by atoms with E-state index in [2.05, 4.69) is 45.9 Å². The lowest BCUT2D eigenvalue weighted by Crippen LogP contribution is -2.48. The van der Waals surface area contributed by atoms with Crippen LogP contribution in [-0.2, 0) is 0 Å². The van der Waals surface area contributed by atoms with Gasteiger partial charge in [-0.25, -0.2) is 0 Å². The van der Waals surface area contributed by atoms with Crippen molar-refractivity contribution in [2.45, 2.75) is 19.4 Å². The number of aliphatic hydroxyl groups excluding tert-OH is 1. The average Bonchev–Trinajstić information content (AvgIpc) is 2.50. The summed E-state index contributed by atoms with van der Waals surface area (Å²) in [7, 11) is 4.09. The van der Waals surface area contributed by atoms with E-state index in [0.29, 0.717) is 0 Å². The Hall–Kier alpha value is -1.10. The van der Waals surface area contributed by atoms with Gasteiger partial charge in [-0.2, -0.15) is 0 Å². The molecule has 0 saturated carbocycles. The Bertz CT molecular complexity index is 411. The Morgan fingerprint density at radius 2 is 1.71 bits per heavy atom. The Morgan fingerprint density at radius 1 is 1.10 bits per heavy atom. The molecule has 0 bridgehead atoms. The van der Waals surface area contributed by atoms with E-state index in [1.807, 2.05) is 14.1 Å². The van der Waals surface area contributed by atoms with Gasteiger partial charge < -0.3 is 14.9 Å². The van der Waals surface area contributed by atoms with Crippen LogP contribution < -0.4 is 4.90 Å². The van der Waals surface area contributed by atoms with Crippen molar-refractivity contribution in [3.8, 4) is 0 Å². The van der Waals surface area contributed by atoms with Gasteiger partial charge >= 0.3 is 0 Å². The van der Waals surface area contributed by atoms with E-state index in [9.17, 15) is 5.11 Å². The van der Waals surface area contributed by atoms with Crippen LogP contribution in [0.1, 0.15) is 24.9 Å². The van der Waals surface area contributed by atoms with E-state index < -0.39 is 0 Å². The normalized spacial score (nSPS) is 18.7. The molecule has 4 nitrogen and oxygen atoms in total.